The fourth-order valence-corrected chi connectivity index (χ4v) is 4.06. The molecule has 184 valence electrons. The second-order valence-electron chi connectivity index (χ2n) is 8.54. The first-order valence-corrected chi connectivity index (χ1v) is 12.3. The second kappa shape index (κ2) is 12.0. The molecule has 0 saturated heterocycles. The maximum Gasteiger partial charge on any atom is 0.133 e. The van der Waals surface area contributed by atoms with Gasteiger partial charge < -0.3 is 24.8 Å². The lowest BCUT2D eigenvalue weighted by Crippen LogP contribution is -2.25. The topological polar surface area (TPSA) is 97.0 Å². The maximum atomic E-state index is 10.3. The first kappa shape index (κ1) is 26.5. The van der Waals surface area contributed by atoms with E-state index >= 15 is 0 Å². The zero-order valence-corrected chi connectivity index (χ0v) is 21.5. The van der Waals surface area contributed by atoms with Crippen LogP contribution in [-0.4, -0.2) is 56.4 Å². The summed E-state index contributed by atoms with van der Waals surface area (Å²) in [6.45, 7) is 4.62. The molecule has 7 nitrogen and oxygen atoms in total. The lowest BCUT2D eigenvalue weighted by Gasteiger charge is -2.27. The lowest BCUT2D eigenvalue weighted by molar-refractivity contribution is 0.0871. The van der Waals surface area contributed by atoms with E-state index in [2.05, 4.69) is 34.9 Å². The Labute approximate surface area is 213 Å². The minimum atomic E-state index is -0.759. The molecule has 0 amide bonds. The molecular weight excluding hydrogens is 524 g/mol. The van der Waals surface area contributed by atoms with E-state index in [1.807, 2.05) is 42.5 Å². The number of rotatable bonds is 12. The average molecular weight is 554 g/mol. The molecule has 0 radical (unpaired) electrons. The highest BCUT2D eigenvalue weighted by Gasteiger charge is 2.24. The Morgan fingerprint density at radius 3 is 2.32 bits per heavy atom. The van der Waals surface area contributed by atoms with Crippen LogP contribution in [0.4, 0.5) is 0 Å². The third kappa shape index (κ3) is 6.73. The molecule has 1 heterocycles. The highest BCUT2D eigenvalue weighted by molar-refractivity contribution is 9.10. The summed E-state index contributed by atoms with van der Waals surface area (Å²) in [7, 11) is 0. The van der Waals surface area contributed by atoms with Gasteiger partial charge in [0.05, 0.1) is 29.2 Å². The van der Waals surface area contributed by atoms with Gasteiger partial charge in [0, 0.05) is 11.6 Å². The summed E-state index contributed by atoms with van der Waals surface area (Å²) in [6, 6.07) is 15.4. The van der Waals surface area contributed by atoms with E-state index in [0.717, 1.165) is 15.6 Å². The average Bonchev–Trinajstić information content (AvgIpc) is 3.28. The first-order chi connectivity index (χ1) is 16.2. The van der Waals surface area contributed by atoms with Crippen LogP contribution in [0, 0.1) is 0 Å². The number of alkyl halides is 1. The van der Waals surface area contributed by atoms with Crippen molar-refractivity contribution in [3.05, 3.63) is 76.0 Å². The van der Waals surface area contributed by atoms with E-state index in [9.17, 15) is 15.3 Å². The Kier molecular flexibility index (Phi) is 9.39. The molecule has 2 atom stereocenters. The van der Waals surface area contributed by atoms with Crippen molar-refractivity contribution in [2.75, 3.05) is 19.1 Å². The number of hydrogen-bond donors (Lipinski definition) is 3. The molecule has 0 bridgehead atoms. The predicted octanol–water partition coefficient (Wildman–Crippen LogP) is 3.88. The minimum absolute atomic E-state index is 0.111. The number of aromatic nitrogens is 2. The quantitative estimate of drug-likeness (QED) is 0.295. The van der Waals surface area contributed by atoms with Crippen molar-refractivity contribution in [3.8, 4) is 11.5 Å². The molecule has 3 N–H and O–H groups in total. The van der Waals surface area contributed by atoms with Crippen molar-refractivity contribution < 1.29 is 24.8 Å². The van der Waals surface area contributed by atoms with Crippen molar-refractivity contribution in [1.82, 2.24) is 9.78 Å². The number of aliphatic hydroxyl groups excluding tert-OH is 3. The lowest BCUT2D eigenvalue weighted by atomic mass is 9.78. The van der Waals surface area contributed by atoms with Crippen molar-refractivity contribution in [2.24, 2.45) is 0 Å². The van der Waals surface area contributed by atoms with Crippen molar-refractivity contribution in [3.63, 3.8) is 0 Å². The molecule has 0 aliphatic rings. The summed E-state index contributed by atoms with van der Waals surface area (Å²) in [5.74, 6) is 1.42. The first-order valence-electron chi connectivity index (χ1n) is 10.9. The Balaban J connectivity index is 1.61. The van der Waals surface area contributed by atoms with Gasteiger partial charge in [-0.1, -0.05) is 32.0 Å². The summed E-state index contributed by atoms with van der Waals surface area (Å²) >= 11 is 9.18. The van der Waals surface area contributed by atoms with Gasteiger partial charge in [0.25, 0.3) is 0 Å². The largest absolute Gasteiger partial charge is 0.491 e. The molecule has 1 aromatic heterocycles. The normalized spacial score (nSPS) is 13.5. The Morgan fingerprint density at radius 1 is 1.00 bits per heavy atom. The van der Waals surface area contributed by atoms with Gasteiger partial charge in [-0.15, -0.1) is 11.6 Å². The second-order valence-corrected chi connectivity index (χ2v) is 9.70. The smallest absolute Gasteiger partial charge is 0.133 e. The number of benzene rings is 2. The maximum absolute atomic E-state index is 10.3. The monoisotopic (exact) mass is 552 g/mol. The summed E-state index contributed by atoms with van der Waals surface area (Å²) in [5.41, 5.74) is 2.55. The van der Waals surface area contributed by atoms with Crippen LogP contribution in [0.3, 0.4) is 0 Å². The van der Waals surface area contributed by atoms with E-state index in [4.69, 9.17) is 21.1 Å². The summed E-state index contributed by atoms with van der Waals surface area (Å²) in [6.07, 6.45) is 0.116. The van der Waals surface area contributed by atoms with Gasteiger partial charge in [0.15, 0.2) is 0 Å². The number of aliphatic hydroxyl groups is 3. The molecule has 0 fully saturated rings. The Hall–Kier alpha value is -2.10. The van der Waals surface area contributed by atoms with Gasteiger partial charge in [-0.3, -0.25) is 4.68 Å². The van der Waals surface area contributed by atoms with Crippen molar-refractivity contribution in [2.45, 2.75) is 44.6 Å². The molecular formula is C25H30BrClN2O5. The Morgan fingerprint density at radius 2 is 1.68 bits per heavy atom. The molecule has 0 aliphatic carbocycles. The van der Waals surface area contributed by atoms with E-state index < -0.39 is 12.2 Å². The summed E-state index contributed by atoms with van der Waals surface area (Å²) < 4.78 is 13.7. The van der Waals surface area contributed by atoms with Gasteiger partial charge >= 0.3 is 0 Å². The zero-order valence-electron chi connectivity index (χ0n) is 19.2. The van der Waals surface area contributed by atoms with E-state index in [0.29, 0.717) is 17.2 Å². The fourth-order valence-electron chi connectivity index (χ4n) is 3.48. The molecule has 34 heavy (non-hydrogen) atoms. The molecule has 3 rings (SSSR count). The highest BCUT2D eigenvalue weighted by Crippen LogP contribution is 2.36. The van der Waals surface area contributed by atoms with Crippen LogP contribution in [0.2, 0.25) is 0 Å². The molecule has 3 aromatic rings. The molecule has 0 spiro atoms. The number of halogens is 2. The summed E-state index contributed by atoms with van der Waals surface area (Å²) in [4.78, 5) is 0. The SMILES string of the molecule is CC(C)(c1ccc(OC[C@@H](O)Cn2nccc2CO)cc1)c1ccc(OC[C@H](O)CCl)c(Br)c1. The van der Waals surface area contributed by atoms with E-state index in [1.54, 1.807) is 16.9 Å². The van der Waals surface area contributed by atoms with Crippen LogP contribution in [0.5, 0.6) is 11.5 Å². The number of nitrogens with zero attached hydrogens (tertiary/aromatic N) is 2. The van der Waals surface area contributed by atoms with Gasteiger partial charge in [0.2, 0.25) is 0 Å². The van der Waals surface area contributed by atoms with Crippen molar-refractivity contribution in [1.29, 1.82) is 0 Å². The minimum Gasteiger partial charge on any atom is -0.491 e. The van der Waals surface area contributed by atoms with Crippen LogP contribution in [-0.2, 0) is 18.6 Å². The van der Waals surface area contributed by atoms with Gasteiger partial charge in [-0.2, -0.15) is 5.10 Å². The fraction of sp³-hybridized carbons (Fsp3) is 0.400. The van der Waals surface area contributed by atoms with Crippen LogP contribution in [0.1, 0.15) is 30.7 Å². The standard InChI is InChI=1S/C25H30BrClN2O5/c1-25(2,18-5-8-24(23(26)11-18)34-15-20(31)12-27)17-3-6-22(7-4-17)33-16-21(32)13-29-19(14-30)9-10-28-29/h3-11,20-21,30-32H,12-16H2,1-2H3/t20-,21+/m1/s1. The van der Waals surface area contributed by atoms with Crippen LogP contribution in [0.25, 0.3) is 0 Å². The molecule has 0 aliphatic heterocycles. The van der Waals surface area contributed by atoms with Crippen LogP contribution >= 0.6 is 27.5 Å². The van der Waals surface area contributed by atoms with Crippen LogP contribution < -0.4 is 9.47 Å². The summed E-state index contributed by atoms with van der Waals surface area (Å²) in [5, 5.41) is 33.3. The molecule has 0 unspecified atom stereocenters. The zero-order chi connectivity index (χ0) is 24.7. The van der Waals surface area contributed by atoms with Gasteiger partial charge in [0.1, 0.15) is 36.9 Å². The molecule has 2 aromatic carbocycles. The van der Waals surface area contributed by atoms with Crippen molar-refractivity contribution >= 4 is 27.5 Å². The van der Waals surface area contributed by atoms with E-state index in [-0.39, 0.29) is 37.7 Å². The third-order valence-electron chi connectivity index (χ3n) is 5.63. The van der Waals surface area contributed by atoms with E-state index in [1.165, 1.54) is 0 Å². The van der Waals surface area contributed by atoms with Gasteiger partial charge in [-0.25, -0.2) is 0 Å². The Bertz CT molecular complexity index is 1060. The number of hydrogen-bond acceptors (Lipinski definition) is 6. The van der Waals surface area contributed by atoms with Crippen LogP contribution in [0.15, 0.2) is 59.2 Å². The number of ether oxygens (including phenoxy) is 2. The van der Waals surface area contributed by atoms with Gasteiger partial charge in [-0.05, 0) is 57.4 Å². The predicted molar refractivity (Wildman–Crippen MR) is 135 cm³/mol. The molecule has 9 heteroatoms. The molecule has 0 saturated carbocycles. The highest BCUT2D eigenvalue weighted by atomic mass is 79.9. The third-order valence-corrected chi connectivity index (χ3v) is 6.61.